The molecular formula is C19H16BrNO3S. The zero-order valence-corrected chi connectivity index (χ0v) is 16.0. The molecule has 0 bridgehead atoms. The molecule has 1 fully saturated rings. The van der Waals surface area contributed by atoms with E-state index in [0.717, 1.165) is 33.1 Å². The van der Waals surface area contributed by atoms with Crippen LogP contribution in [0.25, 0.3) is 6.08 Å². The Kier molecular flexibility index (Phi) is 5.60. The Bertz CT molecular complexity index is 833. The average Bonchev–Trinajstić information content (AvgIpc) is 2.86. The minimum atomic E-state index is -0.264. The molecule has 2 aromatic rings. The van der Waals surface area contributed by atoms with Crippen LogP contribution in [-0.4, -0.2) is 22.7 Å². The van der Waals surface area contributed by atoms with Gasteiger partial charge in [-0.15, -0.1) is 0 Å². The van der Waals surface area contributed by atoms with E-state index < -0.39 is 0 Å². The van der Waals surface area contributed by atoms with E-state index in [1.165, 1.54) is 4.90 Å². The molecule has 2 amide bonds. The number of nitrogens with zero attached hydrogens (tertiary/aromatic N) is 1. The molecule has 0 spiro atoms. The number of amides is 2. The Hall–Kier alpha value is -2.05. The van der Waals surface area contributed by atoms with Gasteiger partial charge in [0.05, 0.1) is 18.1 Å². The topological polar surface area (TPSA) is 46.6 Å². The van der Waals surface area contributed by atoms with Crippen molar-refractivity contribution in [3.63, 3.8) is 0 Å². The molecule has 0 unspecified atom stereocenters. The third kappa shape index (κ3) is 4.14. The summed E-state index contributed by atoms with van der Waals surface area (Å²) in [4.78, 5) is 26.5. The number of carbonyl (C=O) groups is 2. The zero-order chi connectivity index (χ0) is 17.8. The van der Waals surface area contributed by atoms with Crippen LogP contribution >= 0.6 is 27.7 Å². The van der Waals surface area contributed by atoms with E-state index >= 15 is 0 Å². The first-order valence-corrected chi connectivity index (χ1v) is 9.41. The van der Waals surface area contributed by atoms with Crippen LogP contribution in [0.15, 0.2) is 57.9 Å². The fraction of sp³-hybridized carbons (Fsp3) is 0.158. The number of benzene rings is 2. The average molecular weight is 418 g/mol. The molecule has 25 heavy (non-hydrogen) atoms. The zero-order valence-electron chi connectivity index (χ0n) is 13.6. The van der Waals surface area contributed by atoms with E-state index in [9.17, 15) is 9.59 Å². The Morgan fingerprint density at radius 1 is 1.12 bits per heavy atom. The molecule has 0 aliphatic carbocycles. The highest BCUT2D eigenvalue weighted by molar-refractivity contribution is 9.10. The highest BCUT2D eigenvalue weighted by atomic mass is 79.9. The maximum atomic E-state index is 12.6. The van der Waals surface area contributed by atoms with Crippen molar-refractivity contribution in [1.82, 2.24) is 4.90 Å². The van der Waals surface area contributed by atoms with Crippen LogP contribution in [0.3, 0.4) is 0 Å². The van der Waals surface area contributed by atoms with Crippen molar-refractivity contribution in [1.29, 1.82) is 0 Å². The van der Waals surface area contributed by atoms with Crippen LogP contribution in [-0.2, 0) is 11.3 Å². The molecule has 0 aromatic heterocycles. The van der Waals surface area contributed by atoms with Gasteiger partial charge in [0.1, 0.15) is 5.75 Å². The summed E-state index contributed by atoms with van der Waals surface area (Å²) in [5.41, 5.74) is 1.75. The first-order valence-electron chi connectivity index (χ1n) is 7.80. The van der Waals surface area contributed by atoms with Crippen molar-refractivity contribution >= 4 is 44.9 Å². The number of imide groups is 1. The Morgan fingerprint density at radius 3 is 2.52 bits per heavy atom. The van der Waals surface area contributed by atoms with Gasteiger partial charge in [-0.25, -0.2) is 0 Å². The Balaban J connectivity index is 1.77. The lowest BCUT2D eigenvalue weighted by Gasteiger charge is -2.13. The number of ether oxygens (including phenoxy) is 1. The normalized spacial score (nSPS) is 15.9. The molecule has 6 heteroatoms. The van der Waals surface area contributed by atoms with Crippen LogP contribution in [0.1, 0.15) is 18.1 Å². The number of hydrogen-bond donors (Lipinski definition) is 0. The predicted octanol–water partition coefficient (Wildman–Crippen LogP) is 5.08. The maximum Gasteiger partial charge on any atom is 0.293 e. The molecule has 128 valence electrons. The second-order valence-corrected chi connectivity index (χ2v) is 7.21. The van der Waals surface area contributed by atoms with Crippen molar-refractivity contribution < 1.29 is 14.3 Å². The smallest absolute Gasteiger partial charge is 0.293 e. The standard InChI is InChI=1S/C19H16BrNO3S/c1-2-24-15-9-7-13(8-10-15)11-17-18(22)21(19(23)25-17)12-14-5-3-4-6-16(14)20/h3-11H,2,12H2,1H3/b17-11-. The van der Waals surface area contributed by atoms with Gasteiger partial charge < -0.3 is 4.74 Å². The van der Waals surface area contributed by atoms with Crippen molar-refractivity contribution in [3.8, 4) is 5.75 Å². The Labute approximate surface area is 159 Å². The molecular weight excluding hydrogens is 402 g/mol. The highest BCUT2D eigenvalue weighted by Crippen LogP contribution is 2.34. The van der Waals surface area contributed by atoms with Crippen molar-refractivity contribution in [3.05, 3.63) is 69.0 Å². The molecule has 0 N–H and O–H groups in total. The molecule has 0 saturated carbocycles. The predicted molar refractivity (Wildman–Crippen MR) is 103 cm³/mol. The first kappa shape index (κ1) is 17.8. The van der Waals surface area contributed by atoms with E-state index in [1.54, 1.807) is 6.08 Å². The van der Waals surface area contributed by atoms with Gasteiger partial charge in [0.15, 0.2) is 0 Å². The summed E-state index contributed by atoms with van der Waals surface area (Å²) in [5, 5.41) is -0.252. The molecule has 4 nitrogen and oxygen atoms in total. The monoisotopic (exact) mass is 417 g/mol. The minimum absolute atomic E-state index is 0.252. The van der Waals surface area contributed by atoms with E-state index in [-0.39, 0.29) is 17.7 Å². The SMILES string of the molecule is CCOc1ccc(/C=C2\SC(=O)N(Cc3ccccc3Br)C2=O)cc1. The maximum absolute atomic E-state index is 12.6. The van der Waals surface area contributed by atoms with Gasteiger partial charge in [0, 0.05) is 4.47 Å². The molecule has 3 rings (SSSR count). The van der Waals surface area contributed by atoms with Crippen LogP contribution in [0.2, 0.25) is 0 Å². The van der Waals surface area contributed by atoms with Gasteiger partial charge in [-0.2, -0.15) is 0 Å². The number of carbonyl (C=O) groups excluding carboxylic acids is 2. The molecule has 1 aliphatic heterocycles. The number of hydrogen-bond acceptors (Lipinski definition) is 4. The van der Waals surface area contributed by atoms with Crippen LogP contribution in [0, 0.1) is 0 Å². The number of halogens is 1. The summed E-state index contributed by atoms with van der Waals surface area (Å²) in [6, 6.07) is 15.0. The highest BCUT2D eigenvalue weighted by Gasteiger charge is 2.35. The Morgan fingerprint density at radius 2 is 1.84 bits per heavy atom. The number of thioether (sulfide) groups is 1. The van der Waals surface area contributed by atoms with Crippen LogP contribution in [0.5, 0.6) is 5.75 Å². The first-order chi connectivity index (χ1) is 12.1. The lowest BCUT2D eigenvalue weighted by molar-refractivity contribution is -0.123. The van der Waals surface area contributed by atoms with Crippen molar-refractivity contribution in [2.75, 3.05) is 6.61 Å². The van der Waals surface area contributed by atoms with E-state index in [2.05, 4.69) is 15.9 Å². The fourth-order valence-electron chi connectivity index (χ4n) is 2.41. The summed E-state index contributed by atoms with van der Waals surface area (Å²) in [5.74, 6) is 0.515. The summed E-state index contributed by atoms with van der Waals surface area (Å²) < 4.78 is 6.28. The van der Waals surface area contributed by atoms with E-state index in [0.29, 0.717) is 11.5 Å². The van der Waals surface area contributed by atoms with E-state index in [1.807, 2.05) is 55.5 Å². The third-order valence-corrected chi connectivity index (χ3v) is 5.33. The lowest BCUT2D eigenvalue weighted by atomic mass is 10.2. The molecule has 0 radical (unpaired) electrons. The van der Waals surface area contributed by atoms with Gasteiger partial charge in [-0.1, -0.05) is 46.3 Å². The van der Waals surface area contributed by atoms with Crippen LogP contribution in [0.4, 0.5) is 4.79 Å². The third-order valence-electron chi connectivity index (χ3n) is 3.65. The van der Waals surface area contributed by atoms with E-state index in [4.69, 9.17) is 4.74 Å². The lowest BCUT2D eigenvalue weighted by Crippen LogP contribution is -2.27. The minimum Gasteiger partial charge on any atom is -0.494 e. The second-order valence-electron chi connectivity index (χ2n) is 5.36. The molecule has 2 aromatic carbocycles. The van der Waals surface area contributed by atoms with Gasteiger partial charge in [0.2, 0.25) is 0 Å². The van der Waals surface area contributed by atoms with Gasteiger partial charge >= 0.3 is 0 Å². The summed E-state index contributed by atoms with van der Waals surface area (Å²) >= 11 is 4.42. The molecule has 1 heterocycles. The molecule has 0 atom stereocenters. The summed E-state index contributed by atoms with van der Waals surface area (Å²) in [6.45, 7) is 2.79. The quantitative estimate of drug-likeness (QED) is 0.635. The summed E-state index contributed by atoms with van der Waals surface area (Å²) in [7, 11) is 0. The van der Waals surface area contributed by atoms with Crippen molar-refractivity contribution in [2.24, 2.45) is 0 Å². The summed E-state index contributed by atoms with van der Waals surface area (Å²) in [6.07, 6.45) is 1.74. The van der Waals surface area contributed by atoms with Crippen LogP contribution < -0.4 is 4.74 Å². The molecule has 1 saturated heterocycles. The fourth-order valence-corrected chi connectivity index (χ4v) is 3.66. The second kappa shape index (κ2) is 7.89. The van der Waals surface area contributed by atoms with Gasteiger partial charge in [-0.3, -0.25) is 14.5 Å². The number of rotatable bonds is 5. The largest absolute Gasteiger partial charge is 0.494 e. The molecule has 1 aliphatic rings. The van der Waals surface area contributed by atoms with Gasteiger partial charge in [-0.05, 0) is 54.1 Å². The van der Waals surface area contributed by atoms with Gasteiger partial charge in [0.25, 0.3) is 11.1 Å². The van der Waals surface area contributed by atoms with Crippen molar-refractivity contribution in [2.45, 2.75) is 13.5 Å².